The number of fused-ring (bicyclic) bond motifs is 2. The second kappa shape index (κ2) is 20.9. The van der Waals surface area contributed by atoms with Gasteiger partial charge in [-0.1, -0.05) is 30.3 Å². The number of rotatable bonds is 12. The Morgan fingerprint density at radius 2 is 1.22 bits per heavy atom. The van der Waals surface area contributed by atoms with Gasteiger partial charge in [-0.3, -0.25) is 9.11 Å². The van der Waals surface area contributed by atoms with Crippen LogP contribution in [0.2, 0.25) is 0 Å². The Balaban J connectivity index is 0.00000420. The van der Waals surface area contributed by atoms with Crippen LogP contribution in [0.4, 0.5) is 28.4 Å². The van der Waals surface area contributed by atoms with Crippen molar-refractivity contribution in [2.45, 2.75) is 19.6 Å². The van der Waals surface area contributed by atoms with Crippen molar-refractivity contribution in [1.82, 2.24) is 0 Å². The van der Waals surface area contributed by atoms with E-state index in [1.54, 1.807) is 6.07 Å². The van der Waals surface area contributed by atoms with E-state index in [2.05, 4.69) is 24.6 Å². The van der Waals surface area contributed by atoms with Crippen LogP contribution in [0, 0.1) is 0 Å². The Hall–Kier alpha value is -1.03. The van der Waals surface area contributed by atoms with Gasteiger partial charge in [-0.15, -0.1) is 15.3 Å². The van der Waals surface area contributed by atoms with Crippen LogP contribution < -0.4 is 124 Å². The van der Waals surface area contributed by atoms with Crippen molar-refractivity contribution in [1.29, 1.82) is 0 Å². The number of phenolic OH excluding ortho intramolecular Hbond substituents is 1. The third kappa shape index (κ3) is 13.0. The van der Waals surface area contributed by atoms with Gasteiger partial charge in [0.25, 0.3) is 10.1 Å². The summed E-state index contributed by atoms with van der Waals surface area (Å²) in [4.78, 5) is -3.63. The number of phenols is 1. The van der Waals surface area contributed by atoms with Gasteiger partial charge >= 0.3 is 129 Å². The number of anilines is 1. The molecule has 0 atom stereocenters. The minimum Gasteiger partial charge on any atom is -0.744 e. The summed E-state index contributed by atoms with van der Waals surface area (Å²) in [6.07, 6.45) is 0. The maximum absolute atomic E-state index is 12.5. The minimum absolute atomic E-state index is 0. The van der Waals surface area contributed by atoms with E-state index in [-0.39, 0.29) is 134 Å². The zero-order valence-electron chi connectivity index (χ0n) is 30.4. The van der Waals surface area contributed by atoms with Crippen molar-refractivity contribution in [3.8, 4) is 5.75 Å². The number of azo groups is 2. The second-order valence-electron chi connectivity index (χ2n) is 10.8. The standard InChI is InChI=1S/C28H23N5O16S5.4Na/c29-24-23-16(13-21(51(37,38)39)25(24)32-30-17-6-8-18(9-7-17)50(35,36)12-11-49-54(46,47)48)14-22(52(40,41)42)26(27(23)34)33-31-20-10-5-15-3-1-2-4-19(15)28(20)53(43,44)45;;;;/h1-10,13-14,34H,11-12,29H2,(H,37,38,39)(H,40,41,42)(H,43,44,45)(H,46,47,48);;;;/q;4*+1/p-2. The maximum atomic E-state index is 12.5. The number of benzene rings is 5. The summed E-state index contributed by atoms with van der Waals surface area (Å²) in [5, 5.41) is 25.0. The van der Waals surface area contributed by atoms with E-state index in [1.807, 2.05) is 0 Å². The van der Waals surface area contributed by atoms with Gasteiger partial charge in [-0.25, -0.2) is 29.4 Å². The smallest absolute Gasteiger partial charge is 0.744 e. The fourth-order valence-corrected chi connectivity index (χ4v) is 8.60. The number of nitrogens with zero attached hydrogens (tertiary/aromatic N) is 4. The Kier molecular flexibility index (Phi) is 19.8. The molecule has 0 amide bonds. The van der Waals surface area contributed by atoms with Gasteiger partial charge in [0.1, 0.15) is 42.2 Å². The monoisotopic (exact) mass is 935 g/mol. The summed E-state index contributed by atoms with van der Waals surface area (Å²) in [7, 11) is -25.2. The zero-order chi connectivity index (χ0) is 40.0. The molecule has 286 valence electrons. The molecule has 5 rings (SSSR count). The molecule has 0 aliphatic heterocycles. The first kappa shape index (κ1) is 55.0. The molecule has 0 aliphatic carbocycles. The molecule has 0 heterocycles. The number of hydrogen-bond acceptors (Lipinski definition) is 19. The first-order valence-electron chi connectivity index (χ1n) is 14.2. The Labute approximate surface area is 419 Å². The van der Waals surface area contributed by atoms with Crippen LogP contribution in [0.15, 0.2) is 113 Å². The number of aromatic hydroxyl groups is 1. The second-order valence-corrected chi connectivity index (χ2v) is 18.0. The molecular weight excluding hydrogens is 915 g/mol. The number of nitrogen functional groups attached to an aromatic ring is 1. The van der Waals surface area contributed by atoms with Crippen molar-refractivity contribution in [3.05, 3.63) is 72.8 Å². The SMILES string of the molecule is Nc1c(N=Nc2ccc(S(=O)(=O)CCOS(=O)(=O)O)cc2)c(S(=O)(=O)O)cc2cc(S(=O)(=O)[O-])c(N=Nc3ccc4ccccc4c3S(=O)(=O)[O-])c(O)c12.[Na+].[Na+].[Na+].[Na+]. The Morgan fingerprint density at radius 1 is 0.655 bits per heavy atom. The molecule has 21 nitrogen and oxygen atoms in total. The van der Waals surface area contributed by atoms with E-state index >= 15 is 0 Å². The van der Waals surface area contributed by atoms with Crippen LogP contribution in [0.5, 0.6) is 5.75 Å². The minimum atomic E-state index is -5.59. The van der Waals surface area contributed by atoms with Gasteiger partial charge < -0.3 is 19.9 Å². The van der Waals surface area contributed by atoms with Crippen molar-refractivity contribution in [2.24, 2.45) is 20.5 Å². The van der Waals surface area contributed by atoms with Crippen molar-refractivity contribution in [2.75, 3.05) is 18.1 Å². The average molecular weight is 936 g/mol. The van der Waals surface area contributed by atoms with Gasteiger partial charge in [-0.2, -0.15) is 21.9 Å². The first-order valence-corrected chi connectivity index (χ1v) is 21.5. The number of nitrogens with two attached hydrogens (primary N) is 1. The third-order valence-corrected chi connectivity index (χ3v) is 12.1. The van der Waals surface area contributed by atoms with Crippen LogP contribution >= 0.6 is 0 Å². The molecular formula is C28H21N5Na4O16S5+2. The van der Waals surface area contributed by atoms with Gasteiger partial charge in [0, 0.05) is 5.39 Å². The van der Waals surface area contributed by atoms with Crippen LogP contribution in [0.3, 0.4) is 0 Å². The molecule has 5 N–H and O–H groups in total. The summed E-state index contributed by atoms with van der Waals surface area (Å²) < 4.78 is 167. The fourth-order valence-electron chi connectivity index (χ4n) is 4.97. The molecule has 58 heavy (non-hydrogen) atoms. The summed E-state index contributed by atoms with van der Waals surface area (Å²) in [5.41, 5.74) is 2.62. The third-order valence-electron chi connectivity index (χ3n) is 7.27. The molecule has 0 saturated heterocycles. The van der Waals surface area contributed by atoms with E-state index in [1.165, 1.54) is 24.3 Å². The van der Waals surface area contributed by atoms with Gasteiger partial charge in [0.15, 0.2) is 15.6 Å². The molecule has 0 bridgehead atoms. The zero-order valence-corrected chi connectivity index (χ0v) is 42.5. The Morgan fingerprint density at radius 3 is 1.78 bits per heavy atom. The average Bonchev–Trinajstić information content (AvgIpc) is 3.04. The predicted octanol–water partition coefficient (Wildman–Crippen LogP) is -8.22. The van der Waals surface area contributed by atoms with E-state index in [4.69, 9.17) is 10.3 Å². The topological polar surface area (TPSA) is 362 Å². The van der Waals surface area contributed by atoms with E-state index in [9.17, 15) is 60.9 Å². The molecule has 0 radical (unpaired) electrons. The fraction of sp³-hybridized carbons (Fsp3) is 0.0714. The molecule has 5 aromatic rings. The van der Waals surface area contributed by atoms with Crippen molar-refractivity contribution >= 4 is 101 Å². The van der Waals surface area contributed by atoms with Gasteiger partial charge in [0.2, 0.25) is 0 Å². The first-order chi connectivity index (χ1) is 24.9. The summed E-state index contributed by atoms with van der Waals surface area (Å²) in [5.74, 6) is -2.08. The van der Waals surface area contributed by atoms with Gasteiger partial charge in [-0.05, 0) is 53.2 Å². The van der Waals surface area contributed by atoms with Crippen molar-refractivity contribution in [3.63, 3.8) is 0 Å². The van der Waals surface area contributed by atoms with Crippen LogP contribution in [-0.2, 0) is 54.8 Å². The van der Waals surface area contributed by atoms with E-state index in [0.717, 1.165) is 30.3 Å². The molecule has 0 saturated carbocycles. The Bertz CT molecular complexity index is 3010. The van der Waals surface area contributed by atoms with Gasteiger partial charge in [0.05, 0.1) is 43.8 Å². The molecule has 0 aliphatic rings. The van der Waals surface area contributed by atoms with E-state index in [0.29, 0.717) is 17.5 Å². The maximum Gasteiger partial charge on any atom is 1.00 e. The molecule has 0 aromatic heterocycles. The van der Waals surface area contributed by atoms with Crippen LogP contribution in [0.25, 0.3) is 21.5 Å². The molecule has 0 fully saturated rings. The molecule has 0 spiro atoms. The van der Waals surface area contributed by atoms with Crippen LogP contribution in [-0.4, -0.2) is 77.8 Å². The molecule has 5 aromatic carbocycles. The number of hydrogen-bond donors (Lipinski definition) is 4. The summed E-state index contributed by atoms with van der Waals surface area (Å²) in [6, 6.07) is 13.4. The van der Waals surface area contributed by atoms with Crippen molar-refractivity contribution < 1.29 is 188 Å². The predicted molar refractivity (Wildman–Crippen MR) is 184 cm³/mol. The van der Waals surface area contributed by atoms with E-state index < -0.39 is 117 Å². The molecule has 0 unspecified atom stereocenters. The number of sulfone groups is 1. The normalized spacial score (nSPS) is 12.5. The summed E-state index contributed by atoms with van der Waals surface area (Å²) in [6.45, 7) is -0.910. The quantitative estimate of drug-likeness (QED) is 0.0391. The molecule has 30 heteroatoms. The van der Waals surface area contributed by atoms with Crippen LogP contribution in [0.1, 0.15) is 0 Å². The largest absolute Gasteiger partial charge is 1.00 e. The summed E-state index contributed by atoms with van der Waals surface area (Å²) >= 11 is 0.